The van der Waals surface area contributed by atoms with Crippen LogP contribution in [0.1, 0.15) is 44.2 Å². The van der Waals surface area contributed by atoms with Crippen molar-refractivity contribution in [2.24, 2.45) is 17.8 Å². The summed E-state index contributed by atoms with van der Waals surface area (Å²) in [5.41, 5.74) is 6.22. The molecule has 9 heteroatoms. The van der Waals surface area contributed by atoms with Crippen LogP contribution in [-0.4, -0.2) is 42.7 Å². The summed E-state index contributed by atoms with van der Waals surface area (Å²) in [7, 11) is -3.74. The van der Waals surface area contributed by atoms with Crippen molar-refractivity contribution in [3.63, 3.8) is 0 Å². The van der Waals surface area contributed by atoms with Gasteiger partial charge in [0.2, 0.25) is 21.8 Å². The normalized spacial score (nSPS) is 13.6. The van der Waals surface area contributed by atoms with E-state index in [4.69, 9.17) is 0 Å². The van der Waals surface area contributed by atoms with Gasteiger partial charge in [0.15, 0.2) is 0 Å². The topological polar surface area (TPSA) is 116 Å². The molecular formula is C27H37N3O5S. The Morgan fingerprint density at radius 1 is 0.972 bits per heavy atom. The van der Waals surface area contributed by atoms with Gasteiger partial charge in [-0.05, 0) is 42.7 Å². The van der Waals surface area contributed by atoms with Crippen LogP contribution < -0.4 is 10.9 Å². The number of hydrogen-bond donors (Lipinski definition) is 3. The standard InChI is InChI=1S/C27H37N3O5S/c1-21(2)20-25(24(27(32)29-33)18-10-16-22-12-6-4-7-13-22)26(31)28-30(36(3,34)35)19-11-17-23-14-8-5-9-15-23/h4-10,12-16,21,24-25,33H,11,17-20H2,1-3H3,(H,28,31)(H,29,32)/b16-10+/t24-,25+/m0/s1. The van der Waals surface area contributed by atoms with E-state index in [2.05, 4.69) is 5.43 Å². The molecule has 0 radical (unpaired) electrons. The maximum atomic E-state index is 13.4. The first kappa shape index (κ1) is 29.2. The number of rotatable bonds is 14. The maximum Gasteiger partial charge on any atom is 0.247 e. The van der Waals surface area contributed by atoms with E-state index < -0.39 is 33.7 Å². The third kappa shape index (κ3) is 9.93. The van der Waals surface area contributed by atoms with Crippen molar-refractivity contribution < 1.29 is 23.2 Å². The molecular weight excluding hydrogens is 478 g/mol. The lowest BCUT2D eigenvalue weighted by molar-refractivity contribution is -0.141. The van der Waals surface area contributed by atoms with Crippen LogP contribution in [0.15, 0.2) is 66.7 Å². The van der Waals surface area contributed by atoms with E-state index in [1.807, 2.05) is 80.6 Å². The van der Waals surface area contributed by atoms with Gasteiger partial charge < -0.3 is 0 Å². The Hall–Kier alpha value is -3.01. The van der Waals surface area contributed by atoms with Gasteiger partial charge in [0.25, 0.3) is 0 Å². The first-order valence-electron chi connectivity index (χ1n) is 12.1. The second-order valence-corrected chi connectivity index (χ2v) is 11.2. The van der Waals surface area contributed by atoms with Crippen molar-refractivity contribution >= 4 is 27.9 Å². The van der Waals surface area contributed by atoms with Gasteiger partial charge in [0, 0.05) is 6.54 Å². The zero-order chi connectivity index (χ0) is 26.6. The number of nitrogens with one attached hydrogen (secondary N) is 2. The van der Waals surface area contributed by atoms with Crippen LogP contribution in [0.3, 0.4) is 0 Å². The largest absolute Gasteiger partial charge is 0.289 e. The summed E-state index contributed by atoms with van der Waals surface area (Å²) in [6, 6.07) is 19.2. The van der Waals surface area contributed by atoms with Crippen molar-refractivity contribution in [3.8, 4) is 0 Å². The fourth-order valence-electron chi connectivity index (χ4n) is 4.00. The van der Waals surface area contributed by atoms with E-state index in [-0.39, 0.29) is 18.9 Å². The van der Waals surface area contributed by atoms with Crippen LogP contribution >= 0.6 is 0 Å². The molecule has 196 valence electrons. The molecule has 3 N–H and O–H groups in total. The SMILES string of the molecule is CC(C)C[C@@H](C(=O)NN(CCCc1ccccc1)S(C)(=O)=O)[C@H](C/C=C/c1ccccc1)C(=O)NO. The fourth-order valence-corrected chi connectivity index (χ4v) is 4.71. The number of carbonyl (C=O) groups is 2. The van der Waals surface area contributed by atoms with Gasteiger partial charge in [-0.3, -0.25) is 20.2 Å². The summed E-state index contributed by atoms with van der Waals surface area (Å²) in [6.07, 6.45) is 6.35. The Morgan fingerprint density at radius 3 is 2.14 bits per heavy atom. The molecule has 8 nitrogen and oxygen atoms in total. The van der Waals surface area contributed by atoms with E-state index in [9.17, 15) is 23.2 Å². The fraction of sp³-hybridized carbons (Fsp3) is 0.407. The lowest BCUT2D eigenvalue weighted by Crippen LogP contribution is -2.51. The Bertz CT molecular complexity index is 1090. The smallest absolute Gasteiger partial charge is 0.247 e. The molecule has 2 amide bonds. The summed E-state index contributed by atoms with van der Waals surface area (Å²) in [5.74, 6) is -2.95. The van der Waals surface area contributed by atoms with E-state index in [1.165, 1.54) is 0 Å². The summed E-state index contributed by atoms with van der Waals surface area (Å²) < 4.78 is 25.8. The van der Waals surface area contributed by atoms with Crippen molar-refractivity contribution in [2.45, 2.75) is 39.5 Å². The minimum Gasteiger partial charge on any atom is -0.289 e. The van der Waals surface area contributed by atoms with Crippen molar-refractivity contribution in [1.82, 2.24) is 15.3 Å². The quantitative estimate of drug-likeness (QED) is 0.261. The van der Waals surface area contributed by atoms with Gasteiger partial charge in [-0.2, -0.15) is 0 Å². The molecule has 0 aliphatic rings. The minimum atomic E-state index is -3.74. The highest BCUT2D eigenvalue weighted by Gasteiger charge is 2.35. The molecule has 0 heterocycles. The molecule has 0 saturated heterocycles. The van der Waals surface area contributed by atoms with Gasteiger partial charge in [-0.25, -0.2) is 13.9 Å². The van der Waals surface area contributed by atoms with Crippen molar-refractivity contribution in [2.75, 3.05) is 12.8 Å². The lowest BCUT2D eigenvalue weighted by atomic mass is 9.82. The zero-order valence-corrected chi connectivity index (χ0v) is 21.9. The van der Waals surface area contributed by atoms with Crippen LogP contribution in [0.25, 0.3) is 6.08 Å². The Kier molecular flexibility index (Phi) is 11.8. The average Bonchev–Trinajstić information content (AvgIpc) is 2.85. The number of allylic oxidation sites excluding steroid dienone is 1. The molecule has 2 aromatic rings. The molecule has 36 heavy (non-hydrogen) atoms. The summed E-state index contributed by atoms with van der Waals surface area (Å²) in [5, 5.41) is 9.36. The predicted octanol–water partition coefficient (Wildman–Crippen LogP) is 3.80. The highest BCUT2D eigenvalue weighted by molar-refractivity contribution is 7.88. The number of amides is 2. The van der Waals surface area contributed by atoms with Crippen LogP contribution in [0, 0.1) is 17.8 Å². The highest BCUT2D eigenvalue weighted by Crippen LogP contribution is 2.26. The minimum absolute atomic E-state index is 0.0533. The lowest BCUT2D eigenvalue weighted by Gasteiger charge is -2.28. The van der Waals surface area contributed by atoms with Crippen LogP contribution in [0.5, 0.6) is 0 Å². The number of benzene rings is 2. The molecule has 0 unspecified atom stereocenters. The number of sulfonamides is 1. The van der Waals surface area contributed by atoms with Crippen molar-refractivity contribution in [3.05, 3.63) is 77.9 Å². The molecule has 0 aliphatic carbocycles. The highest BCUT2D eigenvalue weighted by atomic mass is 32.2. The van der Waals surface area contributed by atoms with E-state index >= 15 is 0 Å². The molecule has 0 aromatic heterocycles. The van der Waals surface area contributed by atoms with Gasteiger partial charge in [-0.15, -0.1) is 4.41 Å². The predicted molar refractivity (Wildman–Crippen MR) is 141 cm³/mol. The second-order valence-electron chi connectivity index (χ2n) is 9.27. The van der Waals surface area contributed by atoms with Gasteiger partial charge in [0.05, 0.1) is 18.1 Å². The third-order valence-corrected chi connectivity index (χ3v) is 6.87. The number of aryl methyl sites for hydroxylation is 1. The first-order chi connectivity index (χ1) is 17.1. The van der Waals surface area contributed by atoms with Crippen molar-refractivity contribution in [1.29, 1.82) is 0 Å². The van der Waals surface area contributed by atoms with Gasteiger partial charge in [0.1, 0.15) is 0 Å². The van der Waals surface area contributed by atoms with Crippen LogP contribution in [0.2, 0.25) is 0 Å². The molecule has 0 saturated carbocycles. The molecule has 2 atom stereocenters. The zero-order valence-electron chi connectivity index (χ0n) is 21.1. The average molecular weight is 516 g/mol. The molecule has 0 spiro atoms. The Morgan fingerprint density at radius 2 is 1.58 bits per heavy atom. The molecule has 0 fully saturated rings. The number of carbonyl (C=O) groups excluding carboxylic acids is 2. The van der Waals surface area contributed by atoms with Gasteiger partial charge >= 0.3 is 0 Å². The van der Waals surface area contributed by atoms with Crippen LogP contribution in [0.4, 0.5) is 0 Å². The Labute approximate surface area is 214 Å². The number of hydrazine groups is 1. The van der Waals surface area contributed by atoms with E-state index in [0.29, 0.717) is 19.3 Å². The first-order valence-corrected chi connectivity index (χ1v) is 13.9. The summed E-state index contributed by atoms with van der Waals surface area (Å²) >= 11 is 0. The molecule has 2 aromatic carbocycles. The third-order valence-electron chi connectivity index (χ3n) is 5.80. The molecule has 0 bridgehead atoms. The second kappa shape index (κ2) is 14.5. The number of hydroxylamine groups is 1. The molecule has 2 rings (SSSR count). The number of hydrogen-bond acceptors (Lipinski definition) is 5. The summed E-state index contributed by atoms with van der Waals surface area (Å²) in [4.78, 5) is 25.9. The van der Waals surface area contributed by atoms with E-state index in [1.54, 1.807) is 11.6 Å². The number of nitrogens with zero attached hydrogens (tertiary/aromatic N) is 1. The van der Waals surface area contributed by atoms with Gasteiger partial charge in [-0.1, -0.05) is 86.7 Å². The maximum absolute atomic E-state index is 13.4. The van der Waals surface area contributed by atoms with E-state index in [0.717, 1.165) is 21.8 Å². The Balaban J connectivity index is 2.18. The van der Waals surface area contributed by atoms with Crippen LogP contribution in [-0.2, 0) is 26.0 Å². The molecule has 0 aliphatic heterocycles. The summed E-state index contributed by atoms with van der Waals surface area (Å²) in [6.45, 7) is 3.93. The monoisotopic (exact) mass is 515 g/mol.